The number of nitrogens with one attached hydrogen (secondary N) is 1. The summed E-state index contributed by atoms with van der Waals surface area (Å²) in [6, 6.07) is 14.3. The second kappa shape index (κ2) is 9.39. The standard InChI is InChI=1S/C20H21ClN2O4/c21-17-5-1-16(2-6-17)14-27-20(25)22-18-7-3-15(4-8-18)13-19(24)23-9-11-26-12-10-23/h1-8H,9-14H2,(H,22,25). The van der Waals surface area contributed by atoms with Gasteiger partial charge in [-0.2, -0.15) is 0 Å². The zero-order chi connectivity index (χ0) is 19.1. The Morgan fingerprint density at radius 2 is 1.63 bits per heavy atom. The molecule has 2 aromatic rings. The maximum Gasteiger partial charge on any atom is 0.411 e. The van der Waals surface area contributed by atoms with Gasteiger partial charge in [-0.05, 0) is 35.4 Å². The van der Waals surface area contributed by atoms with Crippen LogP contribution in [0, 0.1) is 0 Å². The van der Waals surface area contributed by atoms with E-state index in [0.29, 0.717) is 43.4 Å². The van der Waals surface area contributed by atoms with Gasteiger partial charge in [-0.15, -0.1) is 0 Å². The van der Waals surface area contributed by atoms with Crippen molar-refractivity contribution in [1.82, 2.24) is 4.90 Å². The normalized spacial score (nSPS) is 13.9. The zero-order valence-electron chi connectivity index (χ0n) is 14.8. The number of ether oxygens (including phenoxy) is 2. The van der Waals surface area contributed by atoms with E-state index in [-0.39, 0.29) is 12.5 Å². The van der Waals surface area contributed by atoms with Crippen LogP contribution in [0.5, 0.6) is 0 Å². The molecule has 1 aliphatic rings. The fourth-order valence-corrected chi connectivity index (χ4v) is 2.81. The summed E-state index contributed by atoms with van der Waals surface area (Å²) in [7, 11) is 0. The van der Waals surface area contributed by atoms with Gasteiger partial charge in [-0.3, -0.25) is 10.1 Å². The van der Waals surface area contributed by atoms with Gasteiger partial charge in [-0.25, -0.2) is 4.79 Å². The summed E-state index contributed by atoms with van der Waals surface area (Å²) in [6.07, 6.45) is -0.205. The Hall–Kier alpha value is -2.57. The zero-order valence-corrected chi connectivity index (χ0v) is 15.6. The summed E-state index contributed by atoms with van der Waals surface area (Å²) >= 11 is 5.82. The third-order valence-corrected chi connectivity index (χ3v) is 4.45. The first kappa shape index (κ1) is 19.2. The highest BCUT2D eigenvalue weighted by Crippen LogP contribution is 2.13. The van der Waals surface area contributed by atoms with Crippen LogP contribution in [0.2, 0.25) is 5.02 Å². The summed E-state index contributed by atoms with van der Waals surface area (Å²) in [4.78, 5) is 25.9. The lowest BCUT2D eigenvalue weighted by atomic mass is 10.1. The van der Waals surface area contributed by atoms with Crippen LogP contribution in [-0.2, 0) is 27.3 Å². The lowest BCUT2D eigenvalue weighted by Crippen LogP contribution is -2.41. The minimum Gasteiger partial charge on any atom is -0.444 e. The minimum atomic E-state index is -0.540. The Kier molecular flexibility index (Phi) is 6.68. The number of benzene rings is 2. The first-order valence-electron chi connectivity index (χ1n) is 8.73. The molecule has 0 saturated carbocycles. The molecule has 1 heterocycles. The van der Waals surface area contributed by atoms with Gasteiger partial charge in [-0.1, -0.05) is 35.9 Å². The summed E-state index contributed by atoms with van der Waals surface area (Å²) < 4.78 is 10.4. The smallest absolute Gasteiger partial charge is 0.411 e. The average Bonchev–Trinajstić information content (AvgIpc) is 2.70. The van der Waals surface area contributed by atoms with Crippen molar-refractivity contribution in [1.29, 1.82) is 0 Å². The van der Waals surface area contributed by atoms with Crippen molar-refractivity contribution in [3.8, 4) is 0 Å². The number of hydrogen-bond acceptors (Lipinski definition) is 4. The molecule has 1 fully saturated rings. The van der Waals surface area contributed by atoms with Gasteiger partial charge >= 0.3 is 6.09 Å². The number of carbonyl (C=O) groups excluding carboxylic acids is 2. The van der Waals surface area contributed by atoms with Gasteiger partial charge in [0.05, 0.1) is 19.6 Å². The van der Waals surface area contributed by atoms with Gasteiger partial charge in [0.25, 0.3) is 0 Å². The maximum absolute atomic E-state index is 12.2. The van der Waals surface area contributed by atoms with Gasteiger partial charge < -0.3 is 14.4 Å². The topological polar surface area (TPSA) is 67.9 Å². The van der Waals surface area contributed by atoms with Crippen molar-refractivity contribution < 1.29 is 19.1 Å². The lowest BCUT2D eigenvalue weighted by molar-refractivity contribution is -0.134. The molecular weight excluding hydrogens is 368 g/mol. The van der Waals surface area contributed by atoms with E-state index in [1.54, 1.807) is 36.4 Å². The van der Waals surface area contributed by atoms with Crippen molar-refractivity contribution in [3.05, 3.63) is 64.7 Å². The summed E-state index contributed by atoms with van der Waals surface area (Å²) in [5.74, 6) is 0.0846. The number of amides is 2. The molecule has 0 aliphatic carbocycles. The fraction of sp³-hybridized carbons (Fsp3) is 0.300. The van der Waals surface area contributed by atoms with Crippen LogP contribution in [0.4, 0.5) is 10.5 Å². The molecule has 0 bridgehead atoms. The highest BCUT2D eigenvalue weighted by atomic mass is 35.5. The van der Waals surface area contributed by atoms with Crippen LogP contribution in [-0.4, -0.2) is 43.2 Å². The van der Waals surface area contributed by atoms with Gasteiger partial charge in [0.15, 0.2) is 0 Å². The Labute approximate surface area is 163 Å². The Morgan fingerprint density at radius 1 is 1.00 bits per heavy atom. The third kappa shape index (κ3) is 5.98. The number of anilines is 1. The van der Waals surface area contributed by atoms with Gasteiger partial charge in [0, 0.05) is 23.8 Å². The lowest BCUT2D eigenvalue weighted by Gasteiger charge is -2.26. The molecule has 0 atom stereocenters. The van der Waals surface area contributed by atoms with E-state index in [2.05, 4.69) is 5.32 Å². The largest absolute Gasteiger partial charge is 0.444 e. The van der Waals surface area contributed by atoms with E-state index in [0.717, 1.165) is 11.1 Å². The molecule has 0 spiro atoms. The van der Waals surface area contributed by atoms with Crippen molar-refractivity contribution in [2.24, 2.45) is 0 Å². The van der Waals surface area contributed by atoms with Crippen LogP contribution >= 0.6 is 11.6 Å². The summed E-state index contributed by atoms with van der Waals surface area (Å²) in [6.45, 7) is 2.62. The molecule has 7 heteroatoms. The highest BCUT2D eigenvalue weighted by molar-refractivity contribution is 6.30. The van der Waals surface area contributed by atoms with E-state index >= 15 is 0 Å². The van der Waals surface area contributed by atoms with E-state index in [1.807, 2.05) is 17.0 Å². The van der Waals surface area contributed by atoms with Crippen LogP contribution in [0.3, 0.4) is 0 Å². The maximum atomic E-state index is 12.2. The molecule has 3 rings (SSSR count). The van der Waals surface area contributed by atoms with Crippen LogP contribution < -0.4 is 5.32 Å². The van der Waals surface area contributed by atoms with E-state index in [9.17, 15) is 9.59 Å². The first-order chi connectivity index (χ1) is 13.1. The quantitative estimate of drug-likeness (QED) is 0.851. The Bertz CT molecular complexity index is 772. The molecule has 2 amide bonds. The van der Waals surface area contributed by atoms with Crippen molar-refractivity contribution in [2.45, 2.75) is 13.0 Å². The molecule has 27 heavy (non-hydrogen) atoms. The van der Waals surface area contributed by atoms with E-state index in [1.165, 1.54) is 0 Å². The minimum absolute atomic E-state index is 0.0846. The second-order valence-corrected chi connectivity index (χ2v) is 6.63. The number of halogens is 1. The molecule has 6 nitrogen and oxygen atoms in total. The molecule has 0 aromatic heterocycles. The fourth-order valence-electron chi connectivity index (χ4n) is 2.69. The summed E-state index contributed by atoms with van der Waals surface area (Å²) in [5.41, 5.74) is 2.36. The number of rotatable bonds is 5. The molecule has 0 unspecified atom stereocenters. The van der Waals surface area contributed by atoms with E-state index in [4.69, 9.17) is 21.1 Å². The number of hydrogen-bond donors (Lipinski definition) is 1. The van der Waals surface area contributed by atoms with E-state index < -0.39 is 6.09 Å². The summed E-state index contributed by atoms with van der Waals surface area (Å²) in [5, 5.41) is 3.30. The van der Waals surface area contributed by atoms with Crippen molar-refractivity contribution in [2.75, 3.05) is 31.6 Å². The molecule has 1 N–H and O–H groups in total. The molecule has 0 radical (unpaired) electrons. The molecule has 1 aliphatic heterocycles. The van der Waals surface area contributed by atoms with Crippen LogP contribution in [0.1, 0.15) is 11.1 Å². The SMILES string of the molecule is O=C(Nc1ccc(CC(=O)N2CCOCC2)cc1)OCc1ccc(Cl)cc1. The first-order valence-corrected chi connectivity index (χ1v) is 9.10. The molecule has 2 aromatic carbocycles. The number of carbonyl (C=O) groups is 2. The second-order valence-electron chi connectivity index (χ2n) is 6.19. The number of nitrogens with zero attached hydrogens (tertiary/aromatic N) is 1. The van der Waals surface area contributed by atoms with Gasteiger partial charge in [0.2, 0.25) is 5.91 Å². The van der Waals surface area contributed by atoms with Crippen molar-refractivity contribution >= 4 is 29.3 Å². The van der Waals surface area contributed by atoms with Gasteiger partial charge in [0.1, 0.15) is 6.61 Å². The Morgan fingerprint density at radius 3 is 2.30 bits per heavy atom. The number of morpholine rings is 1. The van der Waals surface area contributed by atoms with Crippen molar-refractivity contribution in [3.63, 3.8) is 0 Å². The monoisotopic (exact) mass is 388 g/mol. The predicted molar refractivity (Wildman–Crippen MR) is 103 cm³/mol. The molecule has 1 saturated heterocycles. The van der Waals surface area contributed by atoms with Crippen LogP contribution in [0.25, 0.3) is 0 Å². The molecule has 142 valence electrons. The average molecular weight is 389 g/mol. The molecular formula is C20H21ClN2O4. The predicted octanol–water partition coefficient (Wildman–Crippen LogP) is 3.49. The Balaban J connectivity index is 1.45. The highest BCUT2D eigenvalue weighted by Gasteiger charge is 2.16. The third-order valence-electron chi connectivity index (χ3n) is 4.20. The van der Waals surface area contributed by atoms with Crippen LogP contribution in [0.15, 0.2) is 48.5 Å².